The van der Waals surface area contributed by atoms with Gasteiger partial charge in [0.2, 0.25) is 0 Å². The Morgan fingerprint density at radius 2 is 1.95 bits per heavy atom. The minimum Gasteiger partial charge on any atom is -0.337 e. The first-order valence-electron chi connectivity index (χ1n) is 6.10. The van der Waals surface area contributed by atoms with Crippen molar-refractivity contribution in [3.8, 4) is 0 Å². The predicted octanol–water partition coefficient (Wildman–Crippen LogP) is 1.12. The second kappa shape index (κ2) is 4.51. The third-order valence-electron chi connectivity index (χ3n) is 3.39. The molecule has 2 aromatic rings. The Hall–Kier alpha value is -3.03. The number of nitro benzene ring substituents is 1. The Kier molecular flexibility index (Phi) is 2.79. The Bertz CT molecular complexity index is 780. The second-order valence-corrected chi connectivity index (χ2v) is 4.64. The summed E-state index contributed by atoms with van der Waals surface area (Å²) in [7, 11) is 1.76. The number of hydrogen-bond donors (Lipinski definition) is 0. The zero-order chi connectivity index (χ0) is 15.1. The highest BCUT2D eigenvalue weighted by molar-refractivity contribution is 6.21. The summed E-state index contributed by atoms with van der Waals surface area (Å²) in [5.41, 5.74) is 0.0250. The quantitative estimate of drug-likeness (QED) is 0.478. The zero-order valence-electron chi connectivity index (χ0n) is 11.0. The minimum absolute atomic E-state index is 0.0314. The fourth-order valence-corrected chi connectivity index (χ4v) is 2.23. The van der Waals surface area contributed by atoms with Crippen LogP contribution in [-0.4, -0.2) is 31.2 Å². The van der Waals surface area contributed by atoms with Crippen molar-refractivity contribution in [2.24, 2.45) is 7.05 Å². The normalized spacial score (nSPS) is 13.7. The molecule has 0 bridgehead atoms. The largest absolute Gasteiger partial charge is 0.337 e. The van der Waals surface area contributed by atoms with Crippen LogP contribution in [0, 0.1) is 10.1 Å². The number of nitro groups is 1. The Labute approximate surface area is 118 Å². The number of aromatic nitrogens is 2. The molecule has 0 unspecified atom stereocenters. The van der Waals surface area contributed by atoms with E-state index in [2.05, 4.69) is 4.98 Å². The lowest BCUT2D eigenvalue weighted by atomic mass is 10.1. The molecule has 21 heavy (non-hydrogen) atoms. The summed E-state index contributed by atoms with van der Waals surface area (Å²) in [6.07, 6.45) is 3.27. The summed E-state index contributed by atoms with van der Waals surface area (Å²) in [5.74, 6) is -0.450. The van der Waals surface area contributed by atoms with Gasteiger partial charge in [0, 0.05) is 31.6 Å². The predicted molar refractivity (Wildman–Crippen MR) is 70.5 cm³/mol. The van der Waals surface area contributed by atoms with Crippen LogP contribution in [0.15, 0.2) is 30.6 Å². The van der Waals surface area contributed by atoms with E-state index < -0.39 is 16.7 Å². The van der Waals surface area contributed by atoms with E-state index in [9.17, 15) is 19.7 Å². The first kappa shape index (κ1) is 13.0. The van der Waals surface area contributed by atoms with Crippen LogP contribution < -0.4 is 0 Å². The molecule has 8 nitrogen and oxygen atoms in total. The highest BCUT2D eigenvalue weighted by Crippen LogP contribution is 2.27. The van der Waals surface area contributed by atoms with Gasteiger partial charge >= 0.3 is 0 Å². The molecule has 2 amide bonds. The number of carbonyl (C=O) groups excluding carboxylic acids is 2. The second-order valence-electron chi connectivity index (χ2n) is 4.64. The lowest BCUT2D eigenvalue weighted by Crippen LogP contribution is -2.30. The number of non-ortho nitro benzene ring substituents is 1. The summed E-state index contributed by atoms with van der Waals surface area (Å²) in [6, 6.07) is 3.66. The van der Waals surface area contributed by atoms with Crippen molar-refractivity contribution in [2.45, 2.75) is 6.54 Å². The molecule has 106 valence electrons. The van der Waals surface area contributed by atoms with Crippen molar-refractivity contribution in [1.29, 1.82) is 0 Å². The van der Waals surface area contributed by atoms with Crippen LogP contribution >= 0.6 is 0 Å². The molecule has 0 N–H and O–H groups in total. The maximum absolute atomic E-state index is 12.3. The number of imidazole rings is 1. The van der Waals surface area contributed by atoms with Gasteiger partial charge in [0.05, 0.1) is 22.6 Å². The van der Waals surface area contributed by atoms with Gasteiger partial charge < -0.3 is 4.57 Å². The fraction of sp³-hybridized carbons (Fsp3) is 0.154. The van der Waals surface area contributed by atoms with E-state index in [-0.39, 0.29) is 23.4 Å². The van der Waals surface area contributed by atoms with E-state index in [1.165, 1.54) is 12.1 Å². The molecule has 0 aliphatic carbocycles. The Morgan fingerprint density at radius 1 is 1.24 bits per heavy atom. The highest BCUT2D eigenvalue weighted by atomic mass is 16.6. The van der Waals surface area contributed by atoms with Gasteiger partial charge in [0.1, 0.15) is 5.82 Å². The van der Waals surface area contributed by atoms with E-state index in [1.54, 1.807) is 24.0 Å². The number of nitrogens with zero attached hydrogens (tertiary/aromatic N) is 4. The highest BCUT2D eigenvalue weighted by Gasteiger charge is 2.37. The van der Waals surface area contributed by atoms with Crippen LogP contribution in [0.3, 0.4) is 0 Å². The number of hydrogen-bond acceptors (Lipinski definition) is 5. The molecule has 0 radical (unpaired) electrons. The van der Waals surface area contributed by atoms with Crippen molar-refractivity contribution in [1.82, 2.24) is 14.5 Å². The summed E-state index contributed by atoms with van der Waals surface area (Å²) in [6.45, 7) is 0.0314. The maximum Gasteiger partial charge on any atom is 0.270 e. The van der Waals surface area contributed by atoms with Crippen LogP contribution in [0.2, 0.25) is 0 Å². The van der Waals surface area contributed by atoms with Gasteiger partial charge in [0.15, 0.2) is 0 Å². The zero-order valence-corrected chi connectivity index (χ0v) is 11.0. The molecule has 1 aliphatic rings. The van der Waals surface area contributed by atoms with Crippen LogP contribution in [-0.2, 0) is 13.6 Å². The molecule has 0 fully saturated rings. The molecule has 1 aromatic heterocycles. The maximum atomic E-state index is 12.3. The van der Waals surface area contributed by atoms with Crippen LogP contribution in [0.5, 0.6) is 0 Å². The van der Waals surface area contributed by atoms with Crippen molar-refractivity contribution >= 4 is 17.5 Å². The molecule has 0 saturated heterocycles. The van der Waals surface area contributed by atoms with Crippen molar-refractivity contribution in [3.05, 3.63) is 57.7 Å². The van der Waals surface area contributed by atoms with Gasteiger partial charge in [-0.25, -0.2) is 4.98 Å². The number of imide groups is 1. The van der Waals surface area contributed by atoms with E-state index in [4.69, 9.17) is 0 Å². The molecule has 0 atom stereocenters. The first-order chi connectivity index (χ1) is 9.99. The SMILES string of the molecule is Cn1ccnc1CN1C(=O)c2ccc([N+](=O)[O-])cc2C1=O. The summed E-state index contributed by atoms with van der Waals surface area (Å²) in [5, 5.41) is 10.8. The van der Waals surface area contributed by atoms with Crippen LogP contribution in [0.1, 0.15) is 26.5 Å². The van der Waals surface area contributed by atoms with Gasteiger partial charge in [-0.2, -0.15) is 0 Å². The lowest BCUT2D eigenvalue weighted by molar-refractivity contribution is -0.384. The van der Waals surface area contributed by atoms with Gasteiger partial charge in [-0.3, -0.25) is 24.6 Å². The molecule has 8 heteroatoms. The van der Waals surface area contributed by atoms with Crippen molar-refractivity contribution in [3.63, 3.8) is 0 Å². The van der Waals surface area contributed by atoms with Crippen LogP contribution in [0.25, 0.3) is 0 Å². The number of carbonyl (C=O) groups is 2. The van der Waals surface area contributed by atoms with E-state index >= 15 is 0 Å². The lowest BCUT2D eigenvalue weighted by Gasteiger charge is -2.13. The molecule has 1 aliphatic heterocycles. The molecule has 3 rings (SSSR count). The monoisotopic (exact) mass is 286 g/mol. The summed E-state index contributed by atoms with van der Waals surface area (Å²) < 4.78 is 1.70. The van der Waals surface area contributed by atoms with Gasteiger partial charge in [-0.05, 0) is 6.07 Å². The fourth-order valence-electron chi connectivity index (χ4n) is 2.23. The first-order valence-corrected chi connectivity index (χ1v) is 6.10. The van der Waals surface area contributed by atoms with E-state index in [0.717, 1.165) is 11.0 Å². The van der Waals surface area contributed by atoms with Gasteiger partial charge in [-0.15, -0.1) is 0 Å². The number of amides is 2. The topological polar surface area (TPSA) is 98.3 Å². The van der Waals surface area contributed by atoms with Gasteiger partial charge in [-0.1, -0.05) is 0 Å². The number of benzene rings is 1. The van der Waals surface area contributed by atoms with E-state index in [1.807, 2.05) is 0 Å². The summed E-state index contributed by atoms with van der Waals surface area (Å²) >= 11 is 0. The number of fused-ring (bicyclic) bond motifs is 1. The molecule has 2 heterocycles. The molecular formula is C13H10N4O4. The Morgan fingerprint density at radius 3 is 2.57 bits per heavy atom. The number of aryl methyl sites for hydroxylation is 1. The molecule has 1 aromatic carbocycles. The molecular weight excluding hydrogens is 276 g/mol. The minimum atomic E-state index is -0.598. The average molecular weight is 286 g/mol. The third kappa shape index (κ3) is 1.97. The van der Waals surface area contributed by atoms with Crippen molar-refractivity contribution < 1.29 is 14.5 Å². The molecule has 0 saturated carbocycles. The van der Waals surface area contributed by atoms with Crippen LogP contribution in [0.4, 0.5) is 5.69 Å². The Balaban J connectivity index is 1.97. The van der Waals surface area contributed by atoms with E-state index in [0.29, 0.717) is 5.82 Å². The molecule has 0 spiro atoms. The smallest absolute Gasteiger partial charge is 0.270 e. The van der Waals surface area contributed by atoms with Crippen molar-refractivity contribution in [2.75, 3.05) is 0 Å². The summed E-state index contributed by atoms with van der Waals surface area (Å²) in [4.78, 5) is 39.7. The standard InChI is InChI=1S/C13H10N4O4/c1-15-5-4-14-11(15)7-16-12(18)9-3-2-8(17(20)21)6-10(9)13(16)19/h2-6H,7H2,1H3. The third-order valence-corrected chi connectivity index (χ3v) is 3.39. The number of rotatable bonds is 3. The van der Waals surface area contributed by atoms with Gasteiger partial charge in [0.25, 0.3) is 17.5 Å². The average Bonchev–Trinajstić information content (AvgIpc) is 2.96.